The van der Waals surface area contributed by atoms with E-state index in [0.29, 0.717) is 0 Å². The van der Waals surface area contributed by atoms with E-state index >= 15 is 0 Å². The average Bonchev–Trinajstić information content (AvgIpc) is 2.83. The quantitative estimate of drug-likeness (QED) is 0.795. The first-order valence-corrected chi connectivity index (χ1v) is 5.75. The van der Waals surface area contributed by atoms with Crippen molar-refractivity contribution in [2.75, 3.05) is 6.61 Å². The first kappa shape index (κ1) is 13.3. The van der Waals surface area contributed by atoms with Crippen LogP contribution < -0.4 is 0 Å². The van der Waals surface area contributed by atoms with E-state index in [9.17, 15) is 13.6 Å². The maximum absolute atomic E-state index is 13.8. The highest BCUT2D eigenvalue weighted by atomic mass is 19.1. The molecule has 0 aliphatic heterocycles. The molecule has 5 heteroatoms. The van der Waals surface area contributed by atoms with Gasteiger partial charge in [-0.15, -0.1) is 0 Å². The van der Waals surface area contributed by atoms with Gasteiger partial charge in [0.25, 0.3) is 0 Å². The fourth-order valence-electron chi connectivity index (χ4n) is 1.71. The second-order valence-corrected chi connectivity index (χ2v) is 3.97. The van der Waals surface area contributed by atoms with Crippen LogP contribution in [0.2, 0.25) is 0 Å². The van der Waals surface area contributed by atoms with Crippen LogP contribution in [-0.4, -0.2) is 12.6 Å². The number of ether oxygens (including phenoxy) is 1. The zero-order valence-corrected chi connectivity index (χ0v) is 10.5. The number of benzene rings is 1. The minimum Gasteiger partial charge on any atom is -0.463 e. The molecule has 0 saturated carbocycles. The standard InChI is InChI=1S/C14H12F2O3/c1-3-18-14(17)9-4-5-19-13(9)10-7-11(15)8(2)6-12(10)16/h4-7H,3H2,1-2H3. The molecule has 0 spiro atoms. The molecular formula is C14H12F2O3. The Labute approximate surface area is 108 Å². The molecule has 3 nitrogen and oxygen atoms in total. The third kappa shape index (κ3) is 2.50. The molecule has 0 amide bonds. The minimum absolute atomic E-state index is 0.0325. The van der Waals surface area contributed by atoms with Gasteiger partial charge < -0.3 is 9.15 Å². The number of rotatable bonds is 3. The van der Waals surface area contributed by atoms with Crippen molar-refractivity contribution in [3.63, 3.8) is 0 Å². The molecule has 0 saturated heterocycles. The number of carbonyl (C=O) groups excluding carboxylic acids is 1. The van der Waals surface area contributed by atoms with E-state index in [1.165, 1.54) is 19.3 Å². The van der Waals surface area contributed by atoms with Crippen molar-refractivity contribution in [2.45, 2.75) is 13.8 Å². The van der Waals surface area contributed by atoms with Crippen molar-refractivity contribution in [3.05, 3.63) is 47.2 Å². The van der Waals surface area contributed by atoms with E-state index in [2.05, 4.69) is 0 Å². The largest absolute Gasteiger partial charge is 0.463 e. The smallest absolute Gasteiger partial charge is 0.342 e. The first-order valence-electron chi connectivity index (χ1n) is 5.75. The number of esters is 1. The van der Waals surface area contributed by atoms with Crippen LogP contribution in [0, 0.1) is 18.6 Å². The second kappa shape index (κ2) is 5.22. The van der Waals surface area contributed by atoms with Gasteiger partial charge in [0.15, 0.2) is 5.76 Å². The predicted octanol–water partition coefficient (Wildman–Crippen LogP) is 3.71. The zero-order chi connectivity index (χ0) is 14.0. The van der Waals surface area contributed by atoms with Crippen molar-refractivity contribution in [2.24, 2.45) is 0 Å². The van der Waals surface area contributed by atoms with Gasteiger partial charge in [-0.25, -0.2) is 13.6 Å². The lowest BCUT2D eigenvalue weighted by Gasteiger charge is -2.05. The Morgan fingerprint density at radius 3 is 2.74 bits per heavy atom. The van der Waals surface area contributed by atoms with Gasteiger partial charge in [0.1, 0.15) is 17.2 Å². The van der Waals surface area contributed by atoms with Gasteiger partial charge >= 0.3 is 5.97 Å². The van der Waals surface area contributed by atoms with Gasteiger partial charge in [-0.2, -0.15) is 0 Å². The predicted molar refractivity (Wildman–Crippen MR) is 64.8 cm³/mol. The Kier molecular flexibility index (Phi) is 3.64. The maximum atomic E-state index is 13.8. The lowest BCUT2D eigenvalue weighted by Crippen LogP contribution is -2.05. The number of furan rings is 1. The van der Waals surface area contributed by atoms with Gasteiger partial charge in [-0.1, -0.05) is 0 Å². The highest BCUT2D eigenvalue weighted by Gasteiger charge is 2.21. The summed E-state index contributed by atoms with van der Waals surface area (Å²) in [6.07, 6.45) is 1.23. The molecule has 19 heavy (non-hydrogen) atoms. The van der Waals surface area contributed by atoms with Crippen LogP contribution in [0.5, 0.6) is 0 Å². The Hall–Kier alpha value is -2.17. The molecule has 0 aliphatic rings. The Morgan fingerprint density at radius 2 is 2.05 bits per heavy atom. The highest BCUT2D eigenvalue weighted by molar-refractivity contribution is 5.95. The molecule has 2 rings (SSSR count). The average molecular weight is 266 g/mol. The van der Waals surface area contributed by atoms with Crippen LogP contribution in [0.4, 0.5) is 8.78 Å². The molecular weight excluding hydrogens is 254 g/mol. The van der Waals surface area contributed by atoms with E-state index in [1.807, 2.05) is 0 Å². The van der Waals surface area contributed by atoms with E-state index in [4.69, 9.17) is 9.15 Å². The summed E-state index contributed by atoms with van der Waals surface area (Å²) in [5.74, 6) is -1.89. The van der Waals surface area contributed by atoms with E-state index in [0.717, 1.165) is 12.1 Å². The van der Waals surface area contributed by atoms with Crippen molar-refractivity contribution in [3.8, 4) is 11.3 Å². The van der Waals surface area contributed by atoms with E-state index in [-0.39, 0.29) is 29.1 Å². The zero-order valence-electron chi connectivity index (χ0n) is 10.5. The number of halogens is 2. The lowest BCUT2D eigenvalue weighted by molar-refractivity contribution is 0.0526. The molecule has 0 N–H and O–H groups in total. The molecule has 0 bridgehead atoms. The topological polar surface area (TPSA) is 39.4 Å². The number of hydrogen-bond acceptors (Lipinski definition) is 3. The summed E-state index contributed by atoms with van der Waals surface area (Å²) in [4.78, 5) is 11.7. The monoisotopic (exact) mass is 266 g/mol. The van der Waals surface area contributed by atoms with Crippen LogP contribution in [0.1, 0.15) is 22.8 Å². The fourth-order valence-corrected chi connectivity index (χ4v) is 1.71. The Balaban J connectivity index is 2.51. The van der Waals surface area contributed by atoms with Gasteiger partial charge in [0.2, 0.25) is 0 Å². The van der Waals surface area contributed by atoms with Crippen molar-refractivity contribution >= 4 is 5.97 Å². The summed E-state index contributed by atoms with van der Waals surface area (Å²) in [5.41, 5.74) is 0.158. The minimum atomic E-state index is -0.653. The first-order chi connectivity index (χ1) is 9.04. The van der Waals surface area contributed by atoms with Crippen LogP contribution in [0.3, 0.4) is 0 Å². The number of aryl methyl sites for hydroxylation is 1. The molecule has 2 aromatic rings. The fraction of sp³-hybridized carbons (Fsp3) is 0.214. The summed E-state index contributed by atoms with van der Waals surface area (Å²) in [6.45, 7) is 3.30. The number of carbonyl (C=O) groups is 1. The molecule has 1 heterocycles. The molecule has 0 unspecified atom stereocenters. The molecule has 0 fully saturated rings. The van der Waals surface area contributed by atoms with Crippen LogP contribution >= 0.6 is 0 Å². The van der Waals surface area contributed by atoms with Crippen LogP contribution in [-0.2, 0) is 4.74 Å². The SMILES string of the molecule is CCOC(=O)c1ccoc1-c1cc(F)c(C)cc1F. The summed E-state index contributed by atoms with van der Waals surface area (Å²) >= 11 is 0. The molecule has 0 aliphatic carbocycles. The molecule has 1 aromatic heterocycles. The Morgan fingerprint density at radius 1 is 1.32 bits per heavy atom. The van der Waals surface area contributed by atoms with E-state index < -0.39 is 17.6 Å². The summed E-state index contributed by atoms with van der Waals surface area (Å²) in [7, 11) is 0. The van der Waals surface area contributed by atoms with Crippen molar-refractivity contribution in [1.82, 2.24) is 0 Å². The molecule has 100 valence electrons. The third-order valence-electron chi connectivity index (χ3n) is 2.65. The van der Waals surface area contributed by atoms with Gasteiger partial charge in [0, 0.05) is 0 Å². The Bertz CT molecular complexity index is 617. The normalized spacial score (nSPS) is 10.5. The molecule has 1 aromatic carbocycles. The van der Waals surface area contributed by atoms with Crippen molar-refractivity contribution < 1.29 is 22.7 Å². The molecule has 0 atom stereocenters. The molecule has 0 radical (unpaired) electrons. The van der Waals surface area contributed by atoms with Gasteiger partial charge in [0.05, 0.1) is 18.4 Å². The lowest BCUT2D eigenvalue weighted by atomic mass is 10.1. The summed E-state index contributed by atoms with van der Waals surface area (Å²) in [5, 5.41) is 0. The van der Waals surface area contributed by atoms with Gasteiger partial charge in [-0.05, 0) is 37.6 Å². The summed E-state index contributed by atoms with van der Waals surface area (Å²) < 4.78 is 37.3. The third-order valence-corrected chi connectivity index (χ3v) is 2.65. The van der Waals surface area contributed by atoms with Gasteiger partial charge in [-0.3, -0.25) is 0 Å². The van der Waals surface area contributed by atoms with Crippen LogP contribution in [0.15, 0.2) is 28.9 Å². The maximum Gasteiger partial charge on any atom is 0.342 e. The van der Waals surface area contributed by atoms with E-state index in [1.54, 1.807) is 6.92 Å². The van der Waals surface area contributed by atoms with Crippen molar-refractivity contribution in [1.29, 1.82) is 0 Å². The highest BCUT2D eigenvalue weighted by Crippen LogP contribution is 2.29. The second-order valence-electron chi connectivity index (χ2n) is 3.97. The number of hydrogen-bond donors (Lipinski definition) is 0. The van der Waals surface area contributed by atoms with Crippen LogP contribution in [0.25, 0.3) is 11.3 Å². The summed E-state index contributed by atoms with van der Waals surface area (Å²) in [6, 6.07) is 3.43.